The first-order chi connectivity index (χ1) is 13.6. The van der Waals surface area contributed by atoms with Crippen LogP contribution in [-0.2, 0) is 4.79 Å². The van der Waals surface area contributed by atoms with Crippen LogP contribution in [0.3, 0.4) is 0 Å². The molecule has 0 aliphatic carbocycles. The largest absolute Gasteiger partial charge is 0.484 e. The van der Waals surface area contributed by atoms with Crippen LogP contribution in [0.15, 0.2) is 48.5 Å². The number of primary amides is 1. The average Bonchev–Trinajstić information content (AvgIpc) is 3.16. The number of rotatable bonds is 5. The average molecular weight is 378 g/mol. The van der Waals surface area contributed by atoms with Gasteiger partial charge in [-0.05, 0) is 49.2 Å². The van der Waals surface area contributed by atoms with Gasteiger partial charge in [0.2, 0.25) is 0 Å². The van der Waals surface area contributed by atoms with Crippen LogP contribution in [-0.4, -0.2) is 46.4 Å². The lowest BCUT2D eigenvalue weighted by molar-refractivity contribution is -0.119. The molecule has 1 saturated heterocycles. The van der Waals surface area contributed by atoms with Gasteiger partial charge in [0.15, 0.2) is 6.61 Å². The number of piperidine rings is 1. The van der Waals surface area contributed by atoms with Gasteiger partial charge in [-0.2, -0.15) is 0 Å². The van der Waals surface area contributed by atoms with E-state index in [0.29, 0.717) is 17.9 Å². The highest BCUT2D eigenvalue weighted by atomic mass is 16.5. The number of nitrogens with zero attached hydrogens (tertiary/aromatic N) is 2. The number of amides is 2. The Morgan fingerprint density at radius 1 is 1.18 bits per heavy atom. The molecule has 2 heterocycles. The summed E-state index contributed by atoms with van der Waals surface area (Å²) in [4.78, 5) is 33.7. The summed E-state index contributed by atoms with van der Waals surface area (Å²) in [6.07, 6.45) is 1.94. The maximum Gasteiger partial charge on any atom is 0.255 e. The number of carbonyl (C=O) groups is 2. The topological polar surface area (TPSA) is 101 Å². The van der Waals surface area contributed by atoms with Gasteiger partial charge in [-0.15, -0.1) is 0 Å². The van der Waals surface area contributed by atoms with Gasteiger partial charge >= 0.3 is 0 Å². The highest BCUT2D eigenvalue weighted by Gasteiger charge is 2.27. The minimum Gasteiger partial charge on any atom is -0.484 e. The van der Waals surface area contributed by atoms with Crippen molar-refractivity contribution >= 4 is 22.8 Å². The van der Waals surface area contributed by atoms with Crippen molar-refractivity contribution in [2.45, 2.75) is 18.8 Å². The van der Waals surface area contributed by atoms with Crippen molar-refractivity contribution in [3.05, 3.63) is 59.9 Å². The third-order valence-electron chi connectivity index (χ3n) is 4.99. The molecule has 144 valence electrons. The molecule has 1 fully saturated rings. The van der Waals surface area contributed by atoms with Crippen molar-refractivity contribution in [1.82, 2.24) is 14.9 Å². The summed E-state index contributed by atoms with van der Waals surface area (Å²) < 4.78 is 5.24. The number of benzene rings is 2. The van der Waals surface area contributed by atoms with Crippen LogP contribution in [0.25, 0.3) is 11.0 Å². The summed E-state index contributed by atoms with van der Waals surface area (Å²) in [6, 6.07) is 14.7. The van der Waals surface area contributed by atoms with Gasteiger partial charge in [-0.1, -0.05) is 12.1 Å². The lowest BCUT2D eigenvalue weighted by atomic mass is 9.96. The van der Waals surface area contributed by atoms with E-state index in [-0.39, 0.29) is 18.4 Å². The van der Waals surface area contributed by atoms with E-state index < -0.39 is 5.91 Å². The Bertz CT molecular complexity index is 963. The normalized spacial score (nSPS) is 16.9. The summed E-state index contributed by atoms with van der Waals surface area (Å²) in [6.45, 7) is 1.19. The highest BCUT2D eigenvalue weighted by molar-refractivity contribution is 5.94. The number of nitrogens with two attached hydrogens (primary N) is 1. The summed E-state index contributed by atoms with van der Waals surface area (Å²) in [5.41, 5.74) is 7.64. The SMILES string of the molecule is NC(=O)COc1ccc(C(=O)N2CCCC(c3nc4ccccc4[nH]3)C2)cc1. The van der Waals surface area contributed by atoms with Crippen molar-refractivity contribution in [2.75, 3.05) is 19.7 Å². The van der Waals surface area contributed by atoms with Gasteiger partial charge in [0.25, 0.3) is 11.8 Å². The Kier molecular flexibility index (Phi) is 4.97. The Morgan fingerprint density at radius 2 is 1.96 bits per heavy atom. The smallest absolute Gasteiger partial charge is 0.255 e. The number of likely N-dealkylation sites (tertiary alicyclic amines) is 1. The first-order valence-corrected chi connectivity index (χ1v) is 9.35. The summed E-state index contributed by atoms with van der Waals surface area (Å²) in [5.74, 6) is 1.10. The molecular formula is C21H22N4O3. The number of aromatic amines is 1. The lowest BCUT2D eigenvalue weighted by Gasteiger charge is -2.32. The minimum atomic E-state index is -0.537. The van der Waals surface area contributed by atoms with Crippen molar-refractivity contribution < 1.29 is 14.3 Å². The van der Waals surface area contributed by atoms with E-state index in [2.05, 4.69) is 4.98 Å². The molecule has 2 amide bonds. The predicted octanol–water partition coefficient (Wildman–Crippen LogP) is 2.45. The second-order valence-electron chi connectivity index (χ2n) is 7.01. The zero-order valence-electron chi connectivity index (χ0n) is 15.4. The molecule has 7 heteroatoms. The van der Waals surface area contributed by atoms with Crippen LogP contribution < -0.4 is 10.5 Å². The van der Waals surface area contributed by atoms with Crippen LogP contribution >= 0.6 is 0 Å². The molecule has 0 saturated carbocycles. The third kappa shape index (κ3) is 3.83. The molecule has 1 aliphatic heterocycles. The maximum atomic E-state index is 12.9. The van der Waals surface area contributed by atoms with E-state index in [0.717, 1.165) is 36.2 Å². The van der Waals surface area contributed by atoms with E-state index in [1.165, 1.54) is 0 Å². The Hall–Kier alpha value is -3.35. The van der Waals surface area contributed by atoms with Crippen molar-refractivity contribution in [1.29, 1.82) is 0 Å². The number of carbonyl (C=O) groups excluding carboxylic acids is 2. The van der Waals surface area contributed by atoms with E-state index in [1.54, 1.807) is 24.3 Å². The second-order valence-corrected chi connectivity index (χ2v) is 7.01. The second kappa shape index (κ2) is 7.72. The van der Waals surface area contributed by atoms with Gasteiger partial charge in [-0.25, -0.2) is 4.98 Å². The number of ether oxygens (including phenoxy) is 1. The van der Waals surface area contributed by atoms with Crippen LogP contribution in [0.1, 0.15) is 34.9 Å². The number of fused-ring (bicyclic) bond motifs is 1. The number of hydrogen-bond acceptors (Lipinski definition) is 4. The summed E-state index contributed by atoms with van der Waals surface area (Å²) >= 11 is 0. The quantitative estimate of drug-likeness (QED) is 0.712. The van der Waals surface area contributed by atoms with Gasteiger partial charge in [0.05, 0.1) is 11.0 Å². The van der Waals surface area contributed by atoms with Crippen LogP contribution in [0.5, 0.6) is 5.75 Å². The van der Waals surface area contributed by atoms with Gasteiger partial charge in [0, 0.05) is 24.6 Å². The standard InChI is InChI=1S/C21H22N4O3/c22-19(26)13-28-16-9-7-14(8-10-16)21(27)25-11-3-4-15(12-25)20-23-17-5-1-2-6-18(17)24-20/h1-2,5-10,15H,3-4,11-13H2,(H2,22,26)(H,23,24). The third-order valence-corrected chi connectivity index (χ3v) is 4.99. The van der Waals surface area contributed by atoms with Gasteiger partial charge < -0.3 is 20.4 Å². The number of hydrogen-bond donors (Lipinski definition) is 2. The Balaban J connectivity index is 1.45. The molecular weight excluding hydrogens is 356 g/mol. The number of para-hydroxylation sites is 2. The Labute approximate surface area is 162 Å². The summed E-state index contributed by atoms with van der Waals surface area (Å²) in [5, 5.41) is 0. The fourth-order valence-corrected chi connectivity index (χ4v) is 3.58. The van der Waals surface area contributed by atoms with Crippen molar-refractivity contribution in [3.8, 4) is 5.75 Å². The number of H-pyrrole nitrogens is 1. The maximum absolute atomic E-state index is 12.9. The number of aromatic nitrogens is 2. The molecule has 0 radical (unpaired) electrons. The molecule has 0 spiro atoms. The molecule has 1 aromatic heterocycles. The molecule has 28 heavy (non-hydrogen) atoms. The van der Waals surface area contributed by atoms with Crippen LogP contribution in [0.2, 0.25) is 0 Å². The molecule has 1 unspecified atom stereocenters. The first kappa shape index (κ1) is 18.0. The van der Waals surface area contributed by atoms with E-state index in [9.17, 15) is 9.59 Å². The molecule has 1 atom stereocenters. The van der Waals surface area contributed by atoms with Crippen LogP contribution in [0.4, 0.5) is 0 Å². The highest BCUT2D eigenvalue weighted by Crippen LogP contribution is 2.27. The Morgan fingerprint density at radius 3 is 2.71 bits per heavy atom. The molecule has 7 nitrogen and oxygen atoms in total. The fraction of sp³-hybridized carbons (Fsp3) is 0.286. The van der Waals surface area contributed by atoms with Crippen molar-refractivity contribution in [3.63, 3.8) is 0 Å². The molecule has 4 rings (SSSR count). The zero-order chi connectivity index (χ0) is 19.5. The number of nitrogens with one attached hydrogen (secondary N) is 1. The van der Waals surface area contributed by atoms with E-state index in [4.69, 9.17) is 15.5 Å². The van der Waals surface area contributed by atoms with E-state index >= 15 is 0 Å². The minimum absolute atomic E-state index is 0.0118. The zero-order valence-corrected chi connectivity index (χ0v) is 15.4. The molecule has 0 bridgehead atoms. The molecule has 1 aliphatic rings. The lowest BCUT2D eigenvalue weighted by Crippen LogP contribution is -2.39. The summed E-state index contributed by atoms with van der Waals surface area (Å²) in [7, 11) is 0. The van der Waals surface area contributed by atoms with Gasteiger partial charge in [0.1, 0.15) is 11.6 Å². The number of imidazole rings is 1. The van der Waals surface area contributed by atoms with Crippen molar-refractivity contribution in [2.24, 2.45) is 5.73 Å². The molecule has 3 N–H and O–H groups in total. The molecule has 2 aromatic carbocycles. The predicted molar refractivity (Wildman–Crippen MR) is 105 cm³/mol. The monoisotopic (exact) mass is 378 g/mol. The van der Waals surface area contributed by atoms with Crippen LogP contribution in [0, 0.1) is 0 Å². The molecule has 3 aromatic rings. The fourth-order valence-electron chi connectivity index (χ4n) is 3.58. The van der Waals surface area contributed by atoms with E-state index in [1.807, 2.05) is 29.2 Å². The first-order valence-electron chi connectivity index (χ1n) is 9.35. The van der Waals surface area contributed by atoms with Gasteiger partial charge in [-0.3, -0.25) is 9.59 Å².